The normalized spacial score (nSPS) is 16.2. The first-order valence-corrected chi connectivity index (χ1v) is 10.2. The molecule has 0 bridgehead atoms. The van der Waals surface area contributed by atoms with Crippen molar-refractivity contribution in [1.29, 1.82) is 0 Å². The van der Waals surface area contributed by atoms with Crippen molar-refractivity contribution in [3.05, 3.63) is 36.3 Å². The van der Waals surface area contributed by atoms with Crippen molar-refractivity contribution >= 4 is 22.8 Å². The predicted molar refractivity (Wildman–Crippen MR) is 110 cm³/mol. The molecule has 5 rings (SSSR count). The molecule has 1 saturated heterocycles. The zero-order chi connectivity index (χ0) is 20.5. The summed E-state index contributed by atoms with van der Waals surface area (Å²) in [6, 6.07) is 5.64. The molecule has 3 aromatic rings. The molecule has 30 heavy (non-hydrogen) atoms. The number of amides is 1. The van der Waals surface area contributed by atoms with E-state index in [9.17, 15) is 4.79 Å². The summed E-state index contributed by atoms with van der Waals surface area (Å²) >= 11 is 0. The summed E-state index contributed by atoms with van der Waals surface area (Å²) in [4.78, 5) is 23.7. The Labute approximate surface area is 174 Å². The highest BCUT2D eigenvalue weighted by Gasteiger charge is 2.21. The summed E-state index contributed by atoms with van der Waals surface area (Å²) in [5, 5.41) is 8.21. The van der Waals surface area contributed by atoms with Gasteiger partial charge in [-0.3, -0.25) is 4.79 Å². The van der Waals surface area contributed by atoms with Gasteiger partial charge in [-0.2, -0.15) is 5.10 Å². The predicted octanol–water partition coefficient (Wildman–Crippen LogP) is 2.11. The lowest BCUT2D eigenvalue weighted by Crippen LogP contribution is -2.33. The lowest BCUT2D eigenvalue weighted by molar-refractivity contribution is -0.121. The maximum Gasteiger partial charge on any atom is 0.242 e. The third-order valence-electron chi connectivity index (χ3n) is 5.72. The number of carbonyl (C=O) groups is 1. The molecule has 2 aromatic heterocycles. The Morgan fingerprint density at radius 2 is 2.03 bits per heavy atom. The highest BCUT2D eigenvalue weighted by atomic mass is 16.7. The third-order valence-corrected chi connectivity index (χ3v) is 5.72. The van der Waals surface area contributed by atoms with Gasteiger partial charge in [0.1, 0.15) is 18.7 Å². The SMILES string of the molecule is CC1CCN(c2ncnc3c2cnn3CC(=O)NCc2ccc3c(c2)OCO3)CC1. The Bertz CT molecular complexity index is 1070. The van der Waals surface area contributed by atoms with E-state index in [0.29, 0.717) is 17.9 Å². The van der Waals surface area contributed by atoms with Gasteiger partial charge in [0.25, 0.3) is 0 Å². The van der Waals surface area contributed by atoms with Gasteiger partial charge in [-0.25, -0.2) is 14.6 Å². The molecular formula is C21H24N6O3. The van der Waals surface area contributed by atoms with Crippen LogP contribution in [0, 0.1) is 5.92 Å². The molecule has 2 aliphatic heterocycles. The minimum absolute atomic E-state index is 0.0987. The van der Waals surface area contributed by atoms with E-state index in [0.717, 1.165) is 54.4 Å². The van der Waals surface area contributed by atoms with Crippen molar-refractivity contribution in [2.24, 2.45) is 5.92 Å². The molecule has 0 radical (unpaired) electrons. The monoisotopic (exact) mass is 408 g/mol. The van der Waals surface area contributed by atoms with Crippen LogP contribution in [0.1, 0.15) is 25.3 Å². The average Bonchev–Trinajstić information content (AvgIpc) is 3.39. The first kappa shape index (κ1) is 18.7. The zero-order valence-electron chi connectivity index (χ0n) is 16.9. The van der Waals surface area contributed by atoms with E-state index in [2.05, 4.69) is 32.2 Å². The number of nitrogens with zero attached hydrogens (tertiary/aromatic N) is 5. The standard InChI is InChI=1S/C21H24N6O3/c1-14-4-6-26(7-5-14)20-16-10-25-27(21(16)24-12-23-20)11-19(28)22-9-15-2-3-17-18(8-15)30-13-29-17/h2-3,8,10,12,14H,4-7,9,11,13H2,1H3,(H,22,28). The van der Waals surface area contributed by atoms with Crippen LogP contribution in [0.2, 0.25) is 0 Å². The number of carbonyl (C=O) groups excluding carboxylic acids is 1. The summed E-state index contributed by atoms with van der Waals surface area (Å²) in [5.41, 5.74) is 1.62. The number of benzene rings is 1. The number of ether oxygens (including phenoxy) is 2. The molecule has 1 amide bonds. The fourth-order valence-corrected chi connectivity index (χ4v) is 3.91. The maximum atomic E-state index is 12.5. The smallest absolute Gasteiger partial charge is 0.242 e. The van der Waals surface area contributed by atoms with Gasteiger partial charge in [0, 0.05) is 19.6 Å². The van der Waals surface area contributed by atoms with E-state index in [1.54, 1.807) is 17.2 Å². The number of aromatic nitrogens is 4. The molecule has 2 aliphatic rings. The zero-order valence-corrected chi connectivity index (χ0v) is 16.9. The molecule has 0 spiro atoms. The minimum atomic E-state index is -0.135. The van der Waals surface area contributed by atoms with Crippen LogP contribution in [0.25, 0.3) is 11.0 Å². The summed E-state index contributed by atoms with van der Waals surface area (Å²) < 4.78 is 12.3. The number of anilines is 1. The molecule has 9 nitrogen and oxygen atoms in total. The number of hydrogen-bond acceptors (Lipinski definition) is 7. The van der Waals surface area contributed by atoms with E-state index in [1.165, 1.54) is 0 Å². The Hall–Kier alpha value is -3.36. The second kappa shape index (κ2) is 7.81. The second-order valence-electron chi connectivity index (χ2n) is 7.87. The largest absolute Gasteiger partial charge is 0.454 e. The minimum Gasteiger partial charge on any atom is -0.454 e. The van der Waals surface area contributed by atoms with Gasteiger partial charge in [-0.1, -0.05) is 13.0 Å². The van der Waals surface area contributed by atoms with Crippen LogP contribution in [0.5, 0.6) is 11.5 Å². The number of piperidine rings is 1. The molecule has 0 saturated carbocycles. The van der Waals surface area contributed by atoms with E-state index in [-0.39, 0.29) is 19.2 Å². The Morgan fingerprint density at radius 1 is 1.20 bits per heavy atom. The van der Waals surface area contributed by atoms with E-state index in [4.69, 9.17) is 9.47 Å². The van der Waals surface area contributed by atoms with Crippen LogP contribution >= 0.6 is 0 Å². The first-order chi connectivity index (χ1) is 14.7. The quantitative estimate of drug-likeness (QED) is 0.691. The maximum absolute atomic E-state index is 12.5. The number of hydrogen-bond donors (Lipinski definition) is 1. The summed E-state index contributed by atoms with van der Waals surface area (Å²) in [7, 11) is 0. The van der Waals surface area contributed by atoms with Gasteiger partial charge in [-0.15, -0.1) is 0 Å². The number of rotatable bonds is 5. The lowest BCUT2D eigenvalue weighted by Gasteiger charge is -2.31. The number of fused-ring (bicyclic) bond motifs is 2. The van der Waals surface area contributed by atoms with Crippen LogP contribution in [0.4, 0.5) is 5.82 Å². The van der Waals surface area contributed by atoms with Crippen LogP contribution in [-0.2, 0) is 17.9 Å². The third kappa shape index (κ3) is 3.62. The fourth-order valence-electron chi connectivity index (χ4n) is 3.91. The van der Waals surface area contributed by atoms with Crippen LogP contribution < -0.4 is 19.7 Å². The van der Waals surface area contributed by atoms with Gasteiger partial charge in [-0.05, 0) is 36.5 Å². The van der Waals surface area contributed by atoms with E-state index < -0.39 is 0 Å². The molecule has 1 fully saturated rings. The van der Waals surface area contributed by atoms with Gasteiger partial charge in [0.15, 0.2) is 17.1 Å². The Kier molecular flexibility index (Phi) is 4.86. The molecule has 156 valence electrons. The fraction of sp³-hybridized carbons (Fsp3) is 0.429. The highest BCUT2D eigenvalue weighted by Crippen LogP contribution is 2.32. The van der Waals surface area contributed by atoms with Crippen molar-refractivity contribution in [3.8, 4) is 11.5 Å². The highest BCUT2D eigenvalue weighted by molar-refractivity contribution is 5.87. The lowest BCUT2D eigenvalue weighted by atomic mass is 9.99. The molecule has 4 heterocycles. The van der Waals surface area contributed by atoms with Gasteiger partial charge in [0.2, 0.25) is 12.7 Å². The van der Waals surface area contributed by atoms with Gasteiger partial charge < -0.3 is 19.7 Å². The van der Waals surface area contributed by atoms with Gasteiger partial charge >= 0.3 is 0 Å². The summed E-state index contributed by atoms with van der Waals surface area (Å²) in [5.74, 6) is 2.95. The van der Waals surface area contributed by atoms with Crippen LogP contribution in [-0.4, -0.2) is 45.5 Å². The second-order valence-corrected chi connectivity index (χ2v) is 7.87. The Morgan fingerprint density at radius 3 is 2.90 bits per heavy atom. The van der Waals surface area contributed by atoms with Crippen molar-refractivity contribution in [2.45, 2.75) is 32.9 Å². The summed E-state index contributed by atoms with van der Waals surface area (Å²) in [6.45, 7) is 4.98. The molecule has 1 aromatic carbocycles. The molecule has 0 aliphatic carbocycles. The van der Waals surface area contributed by atoms with E-state index in [1.807, 2.05) is 18.2 Å². The molecule has 0 atom stereocenters. The average molecular weight is 408 g/mol. The first-order valence-electron chi connectivity index (χ1n) is 10.2. The van der Waals surface area contributed by atoms with Crippen LogP contribution in [0.15, 0.2) is 30.7 Å². The van der Waals surface area contributed by atoms with Gasteiger partial charge in [0.05, 0.1) is 11.6 Å². The molecule has 9 heteroatoms. The van der Waals surface area contributed by atoms with Crippen molar-refractivity contribution < 1.29 is 14.3 Å². The Balaban J connectivity index is 1.26. The topological polar surface area (TPSA) is 94.4 Å². The summed E-state index contributed by atoms with van der Waals surface area (Å²) in [6.07, 6.45) is 5.62. The van der Waals surface area contributed by atoms with Crippen LogP contribution in [0.3, 0.4) is 0 Å². The van der Waals surface area contributed by atoms with E-state index >= 15 is 0 Å². The molecule has 0 unspecified atom stereocenters. The van der Waals surface area contributed by atoms with Crippen molar-refractivity contribution in [3.63, 3.8) is 0 Å². The number of nitrogens with one attached hydrogen (secondary N) is 1. The molecule has 1 N–H and O–H groups in total. The van der Waals surface area contributed by atoms with Crippen molar-refractivity contribution in [1.82, 2.24) is 25.1 Å². The van der Waals surface area contributed by atoms with Crippen molar-refractivity contribution in [2.75, 3.05) is 24.8 Å². The molecular weight excluding hydrogens is 384 g/mol.